The zero-order valence-corrected chi connectivity index (χ0v) is 13.6. The number of carbonyl (C=O) groups excluding carboxylic acids is 1. The number of carbonyl (C=O) groups is 1. The van der Waals surface area contributed by atoms with Crippen LogP contribution in [0.15, 0.2) is 0 Å². The van der Waals surface area contributed by atoms with Gasteiger partial charge in [0.2, 0.25) is 5.91 Å². The van der Waals surface area contributed by atoms with Crippen molar-refractivity contribution in [2.24, 2.45) is 16.6 Å². The van der Waals surface area contributed by atoms with E-state index >= 15 is 0 Å². The number of hydrogen-bond donors (Lipinski definition) is 2. The lowest BCUT2D eigenvalue weighted by molar-refractivity contribution is -0.151. The molecule has 2 rings (SSSR count). The van der Waals surface area contributed by atoms with Crippen LogP contribution in [0.1, 0.15) is 46.0 Å². The molecule has 0 aromatic rings. The minimum atomic E-state index is -0.441. The summed E-state index contributed by atoms with van der Waals surface area (Å²) in [6, 6.07) is 0.205. The van der Waals surface area contributed by atoms with E-state index in [1.54, 1.807) is 7.11 Å². The molecule has 0 radical (unpaired) electrons. The van der Waals surface area contributed by atoms with Crippen molar-refractivity contribution >= 4 is 5.91 Å². The fourth-order valence-corrected chi connectivity index (χ4v) is 4.08. The maximum atomic E-state index is 12.8. The van der Waals surface area contributed by atoms with Gasteiger partial charge in [-0.3, -0.25) is 4.79 Å². The largest absolute Gasteiger partial charge is 0.381 e. The summed E-state index contributed by atoms with van der Waals surface area (Å²) in [5.41, 5.74) is 5.55. The summed E-state index contributed by atoms with van der Waals surface area (Å²) in [7, 11) is 1.77. The molecular formula is C16H30N2O3. The summed E-state index contributed by atoms with van der Waals surface area (Å²) in [4.78, 5) is 12.8. The van der Waals surface area contributed by atoms with Gasteiger partial charge in [-0.15, -0.1) is 0 Å². The number of methoxy groups -OCH3 is 1. The fraction of sp³-hybridized carbons (Fsp3) is 0.938. The molecule has 0 spiro atoms. The maximum absolute atomic E-state index is 12.8. The van der Waals surface area contributed by atoms with Gasteiger partial charge in [-0.1, -0.05) is 13.8 Å². The van der Waals surface area contributed by atoms with Gasteiger partial charge in [0.15, 0.2) is 0 Å². The van der Waals surface area contributed by atoms with E-state index in [4.69, 9.17) is 15.2 Å². The highest BCUT2D eigenvalue weighted by Crippen LogP contribution is 2.49. The van der Waals surface area contributed by atoms with Crippen molar-refractivity contribution in [3.05, 3.63) is 0 Å². The Hall–Kier alpha value is -0.650. The van der Waals surface area contributed by atoms with Gasteiger partial charge in [-0.05, 0) is 32.1 Å². The first kappa shape index (κ1) is 16.7. The number of hydrogen-bond acceptors (Lipinski definition) is 4. The van der Waals surface area contributed by atoms with Crippen LogP contribution in [0.25, 0.3) is 0 Å². The van der Waals surface area contributed by atoms with E-state index in [1.807, 2.05) is 0 Å². The van der Waals surface area contributed by atoms with Crippen molar-refractivity contribution in [2.75, 3.05) is 26.9 Å². The summed E-state index contributed by atoms with van der Waals surface area (Å²) >= 11 is 0. The van der Waals surface area contributed by atoms with Crippen LogP contribution in [-0.2, 0) is 14.3 Å². The Balaban J connectivity index is 2.05. The topological polar surface area (TPSA) is 73.6 Å². The monoisotopic (exact) mass is 298 g/mol. The van der Waals surface area contributed by atoms with Gasteiger partial charge in [-0.2, -0.15) is 0 Å². The minimum Gasteiger partial charge on any atom is -0.381 e. The van der Waals surface area contributed by atoms with Crippen LogP contribution in [0.5, 0.6) is 0 Å². The fourth-order valence-electron chi connectivity index (χ4n) is 4.08. The van der Waals surface area contributed by atoms with Gasteiger partial charge in [0.1, 0.15) is 0 Å². The van der Waals surface area contributed by atoms with Crippen molar-refractivity contribution in [3.63, 3.8) is 0 Å². The van der Waals surface area contributed by atoms with Gasteiger partial charge in [-0.25, -0.2) is 0 Å². The SMILES string of the molecule is CCC1(CC)C(NC(=O)C2(CN)CCOCC2)CC1OC. The number of amides is 1. The van der Waals surface area contributed by atoms with E-state index in [0.717, 1.165) is 32.1 Å². The van der Waals surface area contributed by atoms with Crippen LogP contribution in [0.2, 0.25) is 0 Å². The van der Waals surface area contributed by atoms with E-state index in [2.05, 4.69) is 19.2 Å². The Morgan fingerprint density at radius 1 is 1.33 bits per heavy atom. The molecule has 5 heteroatoms. The predicted molar refractivity (Wildman–Crippen MR) is 81.9 cm³/mol. The summed E-state index contributed by atoms with van der Waals surface area (Å²) in [6.45, 7) is 6.02. The lowest BCUT2D eigenvalue weighted by Gasteiger charge is -2.55. The lowest BCUT2D eigenvalue weighted by Crippen LogP contribution is -2.66. The summed E-state index contributed by atoms with van der Waals surface area (Å²) in [5, 5.41) is 3.28. The Bertz CT molecular complexity index is 363. The van der Waals surface area contributed by atoms with Crippen LogP contribution in [0, 0.1) is 10.8 Å². The molecule has 1 saturated carbocycles. The molecule has 5 nitrogen and oxygen atoms in total. The van der Waals surface area contributed by atoms with Crippen molar-refractivity contribution in [2.45, 2.75) is 58.1 Å². The molecule has 0 aromatic carbocycles. The highest BCUT2D eigenvalue weighted by molar-refractivity contribution is 5.83. The molecule has 2 aliphatic rings. The van der Waals surface area contributed by atoms with Crippen molar-refractivity contribution < 1.29 is 14.3 Å². The summed E-state index contributed by atoms with van der Waals surface area (Å²) in [5.74, 6) is 0.110. The first-order valence-electron chi connectivity index (χ1n) is 8.20. The molecule has 2 fully saturated rings. The summed E-state index contributed by atoms with van der Waals surface area (Å²) in [6.07, 6.45) is 4.64. The number of nitrogens with two attached hydrogens (primary N) is 1. The second kappa shape index (κ2) is 6.63. The molecule has 1 saturated heterocycles. The van der Waals surface area contributed by atoms with E-state index in [9.17, 15) is 4.79 Å². The third-order valence-electron chi connectivity index (χ3n) is 6.01. The molecule has 2 unspecified atom stereocenters. The van der Waals surface area contributed by atoms with Crippen LogP contribution in [-0.4, -0.2) is 44.9 Å². The molecular weight excluding hydrogens is 268 g/mol. The second-order valence-corrected chi connectivity index (χ2v) is 6.52. The normalized spacial score (nSPS) is 30.5. The first-order valence-corrected chi connectivity index (χ1v) is 8.20. The zero-order valence-electron chi connectivity index (χ0n) is 13.6. The molecule has 21 heavy (non-hydrogen) atoms. The van der Waals surface area contributed by atoms with E-state index in [0.29, 0.717) is 19.8 Å². The van der Waals surface area contributed by atoms with Gasteiger partial charge in [0, 0.05) is 38.3 Å². The molecule has 0 bridgehead atoms. The highest BCUT2D eigenvalue weighted by atomic mass is 16.5. The number of rotatable bonds is 6. The molecule has 1 amide bonds. The first-order chi connectivity index (χ1) is 10.1. The smallest absolute Gasteiger partial charge is 0.227 e. The number of nitrogens with one attached hydrogen (secondary N) is 1. The molecule has 3 N–H and O–H groups in total. The third-order valence-corrected chi connectivity index (χ3v) is 6.01. The Morgan fingerprint density at radius 3 is 2.43 bits per heavy atom. The third kappa shape index (κ3) is 2.71. The second-order valence-electron chi connectivity index (χ2n) is 6.52. The Kier molecular flexibility index (Phi) is 5.28. The minimum absolute atomic E-state index is 0.0748. The van der Waals surface area contributed by atoms with Crippen LogP contribution < -0.4 is 11.1 Å². The molecule has 1 heterocycles. The Morgan fingerprint density at radius 2 is 1.95 bits per heavy atom. The van der Waals surface area contributed by atoms with Crippen molar-refractivity contribution in [1.82, 2.24) is 5.32 Å². The molecule has 1 aliphatic carbocycles. The standard InChI is InChI=1S/C16H30N2O3/c1-4-16(5-2)12(10-13(16)20-3)18-14(19)15(11-17)6-8-21-9-7-15/h12-13H,4-11,17H2,1-3H3,(H,18,19). The maximum Gasteiger partial charge on any atom is 0.227 e. The van der Waals surface area contributed by atoms with Gasteiger partial charge < -0.3 is 20.5 Å². The van der Waals surface area contributed by atoms with Crippen LogP contribution in [0.3, 0.4) is 0 Å². The van der Waals surface area contributed by atoms with Gasteiger partial charge in [0.25, 0.3) is 0 Å². The zero-order chi connectivity index (χ0) is 15.5. The molecule has 1 aliphatic heterocycles. The van der Waals surface area contributed by atoms with Crippen LogP contribution in [0.4, 0.5) is 0 Å². The Labute approximate surface area is 127 Å². The molecule has 0 aromatic heterocycles. The molecule has 2 atom stereocenters. The summed E-state index contributed by atoms with van der Waals surface area (Å²) < 4.78 is 11.0. The number of ether oxygens (including phenoxy) is 2. The van der Waals surface area contributed by atoms with Crippen molar-refractivity contribution in [1.29, 1.82) is 0 Å². The van der Waals surface area contributed by atoms with Crippen LogP contribution >= 0.6 is 0 Å². The lowest BCUT2D eigenvalue weighted by atomic mass is 9.58. The van der Waals surface area contributed by atoms with E-state index < -0.39 is 5.41 Å². The van der Waals surface area contributed by atoms with E-state index in [-0.39, 0.29) is 23.5 Å². The predicted octanol–water partition coefficient (Wildman–Crippen LogP) is 1.45. The average Bonchev–Trinajstić information content (AvgIpc) is 2.52. The van der Waals surface area contributed by atoms with E-state index in [1.165, 1.54) is 0 Å². The van der Waals surface area contributed by atoms with Gasteiger partial charge >= 0.3 is 0 Å². The highest BCUT2D eigenvalue weighted by Gasteiger charge is 2.54. The average molecular weight is 298 g/mol. The van der Waals surface area contributed by atoms with Gasteiger partial charge in [0.05, 0.1) is 11.5 Å². The molecule has 122 valence electrons. The quantitative estimate of drug-likeness (QED) is 0.778. The van der Waals surface area contributed by atoms with Crippen molar-refractivity contribution in [3.8, 4) is 0 Å².